The van der Waals surface area contributed by atoms with Gasteiger partial charge < -0.3 is 24.1 Å². The van der Waals surface area contributed by atoms with Gasteiger partial charge in [0.25, 0.3) is 0 Å². The van der Waals surface area contributed by atoms with Crippen molar-refractivity contribution in [1.82, 2.24) is 0 Å². The Morgan fingerprint density at radius 3 is 2.54 bits per heavy atom. The molecule has 1 saturated carbocycles. The van der Waals surface area contributed by atoms with E-state index in [1.165, 1.54) is 13.2 Å². The van der Waals surface area contributed by atoms with Gasteiger partial charge >= 0.3 is 11.9 Å². The molecule has 2 aliphatic rings. The van der Waals surface area contributed by atoms with Crippen molar-refractivity contribution in [3.05, 3.63) is 40.4 Å². The van der Waals surface area contributed by atoms with E-state index in [2.05, 4.69) is 15.9 Å². The van der Waals surface area contributed by atoms with Crippen LogP contribution in [0, 0.1) is 0 Å². The zero-order valence-corrected chi connectivity index (χ0v) is 17.5. The molecule has 1 aromatic rings. The second-order valence-electron chi connectivity index (χ2n) is 7.43. The Labute approximate surface area is 171 Å². The number of ether oxygens (including phenoxy) is 4. The normalized spacial score (nSPS) is 31.4. The van der Waals surface area contributed by atoms with Crippen LogP contribution in [0.4, 0.5) is 0 Å². The minimum Gasteiger partial charge on any atom is -0.467 e. The molecule has 1 heterocycles. The maximum Gasteiger partial charge on any atom is 0.338 e. The summed E-state index contributed by atoms with van der Waals surface area (Å²) in [7, 11) is 1.20. The fourth-order valence-corrected chi connectivity index (χ4v) is 3.86. The summed E-state index contributed by atoms with van der Waals surface area (Å²) in [6.45, 7) is 3.46. The van der Waals surface area contributed by atoms with E-state index in [-0.39, 0.29) is 12.8 Å². The lowest BCUT2D eigenvalue weighted by Gasteiger charge is -2.39. The summed E-state index contributed by atoms with van der Waals surface area (Å²) in [4.78, 5) is 24.4. The van der Waals surface area contributed by atoms with Crippen molar-refractivity contribution in [1.29, 1.82) is 0 Å². The van der Waals surface area contributed by atoms with Crippen molar-refractivity contribution in [3.8, 4) is 0 Å². The topological polar surface area (TPSA) is 91.3 Å². The first kappa shape index (κ1) is 21.0. The summed E-state index contributed by atoms with van der Waals surface area (Å²) >= 11 is 3.35. The first-order valence-corrected chi connectivity index (χ1v) is 9.72. The zero-order chi connectivity index (χ0) is 20.5. The lowest BCUT2D eigenvalue weighted by Crippen LogP contribution is -2.56. The highest BCUT2D eigenvalue weighted by Crippen LogP contribution is 2.42. The first-order chi connectivity index (χ1) is 13.1. The van der Waals surface area contributed by atoms with Gasteiger partial charge in [-0.05, 0) is 37.6 Å². The fraction of sp³-hybridized carbons (Fsp3) is 0.500. The van der Waals surface area contributed by atoms with Gasteiger partial charge in [-0.25, -0.2) is 9.59 Å². The van der Waals surface area contributed by atoms with Gasteiger partial charge in [-0.15, -0.1) is 0 Å². The highest BCUT2D eigenvalue weighted by Gasteiger charge is 2.58. The molecular weight excluding hydrogens is 432 g/mol. The third-order valence-electron chi connectivity index (χ3n) is 4.78. The average Bonchev–Trinajstić information content (AvgIpc) is 2.94. The Bertz CT molecular complexity index is 773. The van der Waals surface area contributed by atoms with E-state index in [0.29, 0.717) is 0 Å². The lowest BCUT2D eigenvalue weighted by molar-refractivity contribution is -0.187. The Morgan fingerprint density at radius 1 is 1.21 bits per heavy atom. The average molecular weight is 455 g/mol. The van der Waals surface area contributed by atoms with Crippen molar-refractivity contribution in [2.24, 2.45) is 0 Å². The molecule has 7 nitrogen and oxygen atoms in total. The number of carbonyl (C=O) groups excluding carboxylic acids is 2. The predicted molar refractivity (Wildman–Crippen MR) is 103 cm³/mol. The summed E-state index contributed by atoms with van der Waals surface area (Å²) < 4.78 is 22.8. The number of halogens is 1. The molecule has 1 N–H and O–H groups in total. The van der Waals surface area contributed by atoms with Crippen LogP contribution in [0.1, 0.15) is 32.3 Å². The number of carbonyl (C=O) groups is 2. The van der Waals surface area contributed by atoms with Crippen LogP contribution in [0.2, 0.25) is 0 Å². The second kappa shape index (κ2) is 7.94. The summed E-state index contributed by atoms with van der Waals surface area (Å²) in [5.74, 6) is -2.30. The van der Waals surface area contributed by atoms with Gasteiger partial charge in [0.05, 0.1) is 13.2 Å². The molecule has 0 bridgehead atoms. The molecule has 4 atom stereocenters. The smallest absolute Gasteiger partial charge is 0.338 e. The summed E-state index contributed by atoms with van der Waals surface area (Å²) in [6.07, 6.45) is 0.773. The van der Waals surface area contributed by atoms with Crippen LogP contribution in [-0.4, -0.2) is 53.9 Å². The largest absolute Gasteiger partial charge is 0.467 e. The standard InChI is InChI=1S/C20H23BrO7/c1-19(2)27-15-11-20(24,18(23)25-3)10-14(17(15)28-19)26-16(22)9-6-12-4-7-13(21)8-5-12/h4-9,14-15,17,24H,10-11H2,1-3H3/b9-6+/t14-,15-,17+,20-/m1/s1. The fourth-order valence-electron chi connectivity index (χ4n) is 3.59. The molecule has 1 aliphatic heterocycles. The van der Waals surface area contributed by atoms with Crippen molar-refractivity contribution < 1.29 is 33.6 Å². The van der Waals surface area contributed by atoms with Crippen LogP contribution in [0.3, 0.4) is 0 Å². The van der Waals surface area contributed by atoms with E-state index >= 15 is 0 Å². The molecular formula is C20H23BrO7. The molecule has 0 radical (unpaired) electrons. The number of fused-ring (bicyclic) bond motifs is 1. The van der Waals surface area contributed by atoms with E-state index in [4.69, 9.17) is 18.9 Å². The SMILES string of the molecule is COC(=O)[C@@]1(O)C[C@@H](OC(=O)/C=C/c2ccc(Br)cc2)[C@@H]2OC(C)(C)O[C@@H]2C1. The monoisotopic (exact) mass is 454 g/mol. The molecule has 1 saturated heterocycles. The molecule has 2 fully saturated rings. The van der Waals surface area contributed by atoms with Crippen LogP contribution < -0.4 is 0 Å². The maximum absolute atomic E-state index is 12.3. The van der Waals surface area contributed by atoms with E-state index in [0.717, 1.165) is 10.0 Å². The van der Waals surface area contributed by atoms with Crippen LogP contribution in [0.15, 0.2) is 34.8 Å². The lowest BCUT2D eigenvalue weighted by atomic mass is 9.79. The van der Waals surface area contributed by atoms with E-state index < -0.39 is 41.6 Å². The molecule has 28 heavy (non-hydrogen) atoms. The van der Waals surface area contributed by atoms with Gasteiger partial charge in [0.2, 0.25) is 0 Å². The van der Waals surface area contributed by atoms with Crippen molar-refractivity contribution in [3.63, 3.8) is 0 Å². The Balaban J connectivity index is 1.74. The van der Waals surface area contributed by atoms with Gasteiger partial charge in [-0.3, -0.25) is 0 Å². The van der Waals surface area contributed by atoms with Crippen LogP contribution in [0.25, 0.3) is 6.08 Å². The minimum atomic E-state index is -1.81. The number of rotatable bonds is 4. The second-order valence-corrected chi connectivity index (χ2v) is 8.35. The first-order valence-electron chi connectivity index (χ1n) is 8.93. The number of benzene rings is 1. The Hall–Kier alpha value is -1.74. The summed E-state index contributed by atoms with van der Waals surface area (Å²) in [6, 6.07) is 7.41. The Kier molecular flexibility index (Phi) is 5.95. The van der Waals surface area contributed by atoms with Crippen LogP contribution >= 0.6 is 15.9 Å². The number of methoxy groups -OCH3 is 1. The van der Waals surface area contributed by atoms with E-state index in [1.54, 1.807) is 19.9 Å². The third kappa shape index (κ3) is 4.63. The van der Waals surface area contributed by atoms with Gasteiger partial charge in [0, 0.05) is 23.4 Å². The van der Waals surface area contributed by atoms with E-state index in [9.17, 15) is 14.7 Å². The molecule has 1 aromatic carbocycles. The number of esters is 2. The van der Waals surface area contributed by atoms with Gasteiger partial charge in [0.15, 0.2) is 11.4 Å². The van der Waals surface area contributed by atoms with Crippen molar-refractivity contribution in [2.75, 3.05) is 7.11 Å². The molecule has 0 unspecified atom stereocenters. The zero-order valence-electron chi connectivity index (χ0n) is 15.9. The van der Waals surface area contributed by atoms with Crippen LogP contribution in [-0.2, 0) is 28.5 Å². The quantitative estimate of drug-likeness (QED) is 0.551. The predicted octanol–water partition coefficient (Wildman–Crippen LogP) is 2.59. The highest BCUT2D eigenvalue weighted by atomic mass is 79.9. The maximum atomic E-state index is 12.3. The number of aliphatic hydroxyl groups is 1. The van der Waals surface area contributed by atoms with Crippen molar-refractivity contribution >= 4 is 33.9 Å². The van der Waals surface area contributed by atoms with E-state index in [1.807, 2.05) is 24.3 Å². The van der Waals surface area contributed by atoms with Gasteiger partial charge in [-0.1, -0.05) is 28.1 Å². The third-order valence-corrected chi connectivity index (χ3v) is 5.31. The molecule has 0 aromatic heterocycles. The number of hydrogen-bond donors (Lipinski definition) is 1. The minimum absolute atomic E-state index is 0.0105. The summed E-state index contributed by atoms with van der Waals surface area (Å²) in [5.41, 5.74) is -0.977. The van der Waals surface area contributed by atoms with Crippen LogP contribution in [0.5, 0.6) is 0 Å². The molecule has 0 spiro atoms. The summed E-state index contributed by atoms with van der Waals surface area (Å²) in [5, 5.41) is 10.8. The molecule has 152 valence electrons. The molecule has 1 aliphatic carbocycles. The van der Waals surface area contributed by atoms with Crippen molar-refractivity contribution in [2.45, 2.75) is 56.4 Å². The Morgan fingerprint density at radius 2 is 1.89 bits per heavy atom. The molecule has 0 amide bonds. The van der Waals surface area contributed by atoms with Gasteiger partial charge in [-0.2, -0.15) is 0 Å². The number of hydrogen-bond acceptors (Lipinski definition) is 7. The molecule has 3 rings (SSSR count). The van der Waals surface area contributed by atoms with Gasteiger partial charge in [0.1, 0.15) is 12.2 Å². The molecule has 8 heteroatoms. The highest BCUT2D eigenvalue weighted by molar-refractivity contribution is 9.10.